The van der Waals surface area contributed by atoms with E-state index in [2.05, 4.69) is 35.4 Å². The molecule has 0 aliphatic carbocycles. The molecule has 0 aromatic carbocycles. The first-order valence-electron chi connectivity index (χ1n) is 6.43. The van der Waals surface area contributed by atoms with Crippen LogP contribution in [0.3, 0.4) is 0 Å². The molecule has 3 heterocycles. The molecule has 7 heteroatoms. The molecule has 1 aliphatic heterocycles. The third-order valence-corrected chi connectivity index (χ3v) is 3.30. The first-order chi connectivity index (χ1) is 9.40. The highest BCUT2D eigenvalue weighted by molar-refractivity contribution is 5.32. The first kappa shape index (κ1) is 12.0. The van der Waals surface area contributed by atoms with E-state index in [1.54, 1.807) is 12.4 Å². The van der Waals surface area contributed by atoms with Gasteiger partial charge in [-0.1, -0.05) is 10.3 Å². The minimum Gasteiger partial charge on any atom is -0.366 e. The zero-order valence-electron chi connectivity index (χ0n) is 10.6. The number of anilines is 1. The number of nitrogens with zero attached hydrogens (tertiary/aromatic N) is 5. The Kier molecular flexibility index (Phi) is 3.64. The lowest BCUT2D eigenvalue weighted by Crippen LogP contribution is -2.38. The summed E-state index contributed by atoms with van der Waals surface area (Å²) in [5.41, 5.74) is 0.889. The molecule has 0 radical (unpaired) electrons. The zero-order chi connectivity index (χ0) is 12.9. The van der Waals surface area contributed by atoms with Crippen molar-refractivity contribution in [2.75, 3.05) is 18.4 Å². The van der Waals surface area contributed by atoms with Crippen LogP contribution in [0.2, 0.25) is 0 Å². The Hall–Kier alpha value is -2.02. The number of hydrogen-bond donors (Lipinski definition) is 1. The van der Waals surface area contributed by atoms with Crippen molar-refractivity contribution in [1.82, 2.24) is 25.4 Å². The fourth-order valence-electron chi connectivity index (χ4n) is 2.31. The molecular weight excluding hydrogens is 244 g/mol. The lowest BCUT2D eigenvalue weighted by molar-refractivity contribution is 0.204. The summed E-state index contributed by atoms with van der Waals surface area (Å²) in [4.78, 5) is 2.36. The molecule has 1 saturated heterocycles. The third-order valence-electron chi connectivity index (χ3n) is 3.30. The van der Waals surface area contributed by atoms with E-state index < -0.39 is 0 Å². The van der Waals surface area contributed by atoms with E-state index in [4.69, 9.17) is 0 Å². The van der Waals surface area contributed by atoms with Crippen LogP contribution in [0.15, 0.2) is 29.2 Å². The van der Waals surface area contributed by atoms with Gasteiger partial charge in [0.15, 0.2) is 0 Å². The molecule has 0 atom stereocenters. The molecule has 1 aliphatic rings. The molecule has 3 rings (SSSR count). The van der Waals surface area contributed by atoms with Crippen LogP contribution in [0.1, 0.15) is 18.5 Å². The standard InChI is InChI=1S/C12H16N6O/c1-2-12(16-13-5-1)15-10-3-6-18(7-4-10)9-11-8-14-19-17-11/h1-2,5,8,10H,3-4,6-7,9H2,(H,15,16). The van der Waals surface area contributed by atoms with Gasteiger partial charge in [-0.3, -0.25) is 4.90 Å². The lowest BCUT2D eigenvalue weighted by Gasteiger charge is -2.31. The topological polar surface area (TPSA) is 80.0 Å². The van der Waals surface area contributed by atoms with Crippen molar-refractivity contribution in [3.63, 3.8) is 0 Å². The third kappa shape index (κ3) is 3.25. The molecule has 0 spiro atoms. The van der Waals surface area contributed by atoms with Crippen LogP contribution >= 0.6 is 0 Å². The summed E-state index contributed by atoms with van der Waals surface area (Å²) in [6.07, 6.45) is 5.52. The van der Waals surface area contributed by atoms with Crippen LogP contribution in [0, 0.1) is 0 Å². The average molecular weight is 260 g/mol. The molecular formula is C12H16N6O. The largest absolute Gasteiger partial charge is 0.366 e. The Morgan fingerprint density at radius 3 is 2.95 bits per heavy atom. The molecule has 0 unspecified atom stereocenters. The molecule has 1 N–H and O–H groups in total. The van der Waals surface area contributed by atoms with Gasteiger partial charge in [0.25, 0.3) is 0 Å². The van der Waals surface area contributed by atoms with Gasteiger partial charge in [-0.15, -0.1) is 5.10 Å². The van der Waals surface area contributed by atoms with Gasteiger partial charge < -0.3 is 5.32 Å². The van der Waals surface area contributed by atoms with Gasteiger partial charge in [0, 0.05) is 31.9 Å². The maximum atomic E-state index is 4.60. The molecule has 2 aromatic heterocycles. The van der Waals surface area contributed by atoms with E-state index in [1.165, 1.54) is 0 Å². The molecule has 0 amide bonds. The Bertz CT molecular complexity index is 480. The Morgan fingerprint density at radius 2 is 2.26 bits per heavy atom. The predicted molar refractivity (Wildman–Crippen MR) is 68.3 cm³/mol. The molecule has 7 nitrogen and oxygen atoms in total. The zero-order valence-corrected chi connectivity index (χ0v) is 10.6. The van der Waals surface area contributed by atoms with E-state index in [0.29, 0.717) is 6.04 Å². The van der Waals surface area contributed by atoms with Gasteiger partial charge in [-0.2, -0.15) is 5.10 Å². The van der Waals surface area contributed by atoms with Crippen LogP contribution in [0.25, 0.3) is 0 Å². The smallest absolute Gasteiger partial charge is 0.148 e. The minimum absolute atomic E-state index is 0.461. The fraction of sp³-hybridized carbons (Fsp3) is 0.500. The van der Waals surface area contributed by atoms with Crippen molar-refractivity contribution >= 4 is 5.82 Å². The second-order valence-electron chi connectivity index (χ2n) is 4.70. The molecule has 100 valence electrons. The predicted octanol–water partition coefficient (Wildman–Crippen LogP) is 0.936. The lowest BCUT2D eigenvalue weighted by atomic mass is 10.0. The van der Waals surface area contributed by atoms with Crippen molar-refractivity contribution < 1.29 is 4.63 Å². The van der Waals surface area contributed by atoms with Crippen LogP contribution < -0.4 is 5.32 Å². The van der Waals surface area contributed by atoms with Gasteiger partial charge >= 0.3 is 0 Å². The number of aromatic nitrogens is 4. The monoisotopic (exact) mass is 260 g/mol. The molecule has 1 fully saturated rings. The maximum absolute atomic E-state index is 4.60. The normalized spacial score (nSPS) is 17.5. The van der Waals surface area contributed by atoms with Crippen molar-refractivity contribution in [2.45, 2.75) is 25.4 Å². The van der Waals surface area contributed by atoms with E-state index in [-0.39, 0.29) is 0 Å². The second kappa shape index (κ2) is 5.75. The highest BCUT2D eigenvalue weighted by Gasteiger charge is 2.20. The van der Waals surface area contributed by atoms with Crippen molar-refractivity contribution in [3.05, 3.63) is 30.2 Å². The van der Waals surface area contributed by atoms with E-state index in [9.17, 15) is 0 Å². The van der Waals surface area contributed by atoms with Crippen molar-refractivity contribution in [1.29, 1.82) is 0 Å². The van der Waals surface area contributed by atoms with E-state index in [0.717, 1.165) is 44.0 Å². The van der Waals surface area contributed by atoms with Crippen LogP contribution in [0.4, 0.5) is 5.82 Å². The van der Waals surface area contributed by atoms with Crippen LogP contribution in [-0.4, -0.2) is 44.5 Å². The van der Waals surface area contributed by atoms with Gasteiger partial charge in [-0.25, -0.2) is 4.63 Å². The summed E-state index contributed by atoms with van der Waals surface area (Å²) in [6.45, 7) is 2.87. The molecule has 0 saturated carbocycles. The van der Waals surface area contributed by atoms with Crippen molar-refractivity contribution in [2.24, 2.45) is 0 Å². The molecule has 2 aromatic rings. The average Bonchev–Trinajstić information content (AvgIpc) is 2.95. The Morgan fingerprint density at radius 1 is 1.37 bits per heavy atom. The van der Waals surface area contributed by atoms with E-state index in [1.807, 2.05) is 12.1 Å². The van der Waals surface area contributed by atoms with Gasteiger partial charge in [0.1, 0.15) is 11.5 Å². The second-order valence-corrected chi connectivity index (χ2v) is 4.70. The summed E-state index contributed by atoms with van der Waals surface area (Å²) >= 11 is 0. The minimum atomic E-state index is 0.461. The number of likely N-dealkylation sites (tertiary alicyclic amines) is 1. The maximum Gasteiger partial charge on any atom is 0.148 e. The van der Waals surface area contributed by atoms with Crippen molar-refractivity contribution in [3.8, 4) is 0 Å². The Labute approximate surface area is 111 Å². The van der Waals surface area contributed by atoms with Crippen LogP contribution in [0.5, 0.6) is 0 Å². The summed E-state index contributed by atoms with van der Waals surface area (Å²) in [6, 6.07) is 4.30. The number of nitrogens with one attached hydrogen (secondary N) is 1. The highest BCUT2D eigenvalue weighted by atomic mass is 16.6. The first-order valence-corrected chi connectivity index (χ1v) is 6.43. The highest BCUT2D eigenvalue weighted by Crippen LogP contribution is 2.16. The summed E-state index contributed by atoms with van der Waals surface area (Å²) in [5, 5.41) is 18.8. The van der Waals surface area contributed by atoms with Gasteiger partial charge in [-0.05, 0) is 25.0 Å². The summed E-state index contributed by atoms with van der Waals surface area (Å²) in [5.74, 6) is 0.849. The van der Waals surface area contributed by atoms with Gasteiger partial charge in [0.05, 0.1) is 6.20 Å². The summed E-state index contributed by atoms with van der Waals surface area (Å²) < 4.78 is 4.60. The fourth-order valence-corrected chi connectivity index (χ4v) is 2.31. The van der Waals surface area contributed by atoms with E-state index >= 15 is 0 Å². The number of piperidine rings is 1. The summed E-state index contributed by atoms with van der Waals surface area (Å²) in [7, 11) is 0. The van der Waals surface area contributed by atoms with Gasteiger partial charge in [0.2, 0.25) is 0 Å². The molecule has 0 bridgehead atoms. The number of hydrogen-bond acceptors (Lipinski definition) is 7. The van der Waals surface area contributed by atoms with Crippen LogP contribution in [-0.2, 0) is 6.54 Å². The SMILES string of the molecule is c1cnnc(NC2CCN(Cc3cnon3)CC2)c1. The quantitative estimate of drug-likeness (QED) is 0.876. The Balaban J connectivity index is 1.47. The molecule has 19 heavy (non-hydrogen) atoms. The number of rotatable bonds is 4.